The number of carbonyl (C=O) groups is 1. The van der Waals surface area contributed by atoms with Crippen LogP contribution < -0.4 is 5.32 Å². The van der Waals surface area contributed by atoms with Crippen LogP contribution in [0, 0.1) is 11.3 Å². The van der Waals surface area contributed by atoms with Crippen LogP contribution in [0.4, 0.5) is 0 Å². The van der Waals surface area contributed by atoms with E-state index in [0.29, 0.717) is 5.56 Å². The van der Waals surface area contributed by atoms with Crippen LogP contribution in [0.1, 0.15) is 23.3 Å². The molecule has 1 unspecified atom stereocenters. The summed E-state index contributed by atoms with van der Waals surface area (Å²) in [6.07, 6.45) is 3.16. The van der Waals surface area contributed by atoms with Crippen LogP contribution in [0.3, 0.4) is 0 Å². The molecule has 1 saturated heterocycles. The molecule has 6 heteroatoms. The van der Waals surface area contributed by atoms with E-state index in [1.807, 2.05) is 0 Å². The fourth-order valence-electron chi connectivity index (χ4n) is 1.77. The summed E-state index contributed by atoms with van der Waals surface area (Å²) >= 11 is 0. The standard InChI is InChI=1S/C11H15N5O/c1-9(6-12)16-8-10(7-14-16)11(17)15-4-2-13-3-5-15/h7-9,13H,2-5H2,1H3. The Labute approximate surface area is 99.8 Å². The molecule has 90 valence electrons. The largest absolute Gasteiger partial charge is 0.336 e. The van der Waals surface area contributed by atoms with Crippen molar-refractivity contribution < 1.29 is 4.79 Å². The molecule has 1 aliphatic rings. The van der Waals surface area contributed by atoms with Crippen molar-refractivity contribution in [1.29, 1.82) is 5.26 Å². The van der Waals surface area contributed by atoms with Gasteiger partial charge in [-0.25, -0.2) is 0 Å². The van der Waals surface area contributed by atoms with Crippen molar-refractivity contribution in [2.45, 2.75) is 13.0 Å². The minimum atomic E-state index is -0.348. The Balaban J connectivity index is 2.09. The van der Waals surface area contributed by atoms with Crippen molar-refractivity contribution in [3.63, 3.8) is 0 Å². The number of nitrogens with zero attached hydrogens (tertiary/aromatic N) is 4. The van der Waals surface area contributed by atoms with Gasteiger partial charge in [0.25, 0.3) is 5.91 Å². The van der Waals surface area contributed by atoms with Crippen LogP contribution in [0.2, 0.25) is 0 Å². The van der Waals surface area contributed by atoms with E-state index in [4.69, 9.17) is 5.26 Å². The Hall–Kier alpha value is -1.87. The molecule has 0 aromatic carbocycles. The molecule has 2 heterocycles. The van der Waals surface area contributed by atoms with Gasteiger partial charge in [0.15, 0.2) is 0 Å². The first-order valence-electron chi connectivity index (χ1n) is 5.66. The zero-order valence-corrected chi connectivity index (χ0v) is 9.76. The molecule has 0 radical (unpaired) electrons. The van der Waals surface area contributed by atoms with E-state index in [9.17, 15) is 4.79 Å². The Morgan fingerprint density at radius 2 is 2.29 bits per heavy atom. The highest BCUT2D eigenvalue weighted by Gasteiger charge is 2.19. The highest BCUT2D eigenvalue weighted by atomic mass is 16.2. The highest BCUT2D eigenvalue weighted by molar-refractivity contribution is 5.93. The van der Waals surface area contributed by atoms with Crippen LogP contribution in [-0.2, 0) is 0 Å². The number of nitrogens with one attached hydrogen (secondary N) is 1. The molecular formula is C11H15N5O. The van der Waals surface area contributed by atoms with E-state index >= 15 is 0 Å². The van der Waals surface area contributed by atoms with E-state index < -0.39 is 0 Å². The molecule has 0 bridgehead atoms. The number of aromatic nitrogens is 2. The molecule has 17 heavy (non-hydrogen) atoms. The molecular weight excluding hydrogens is 218 g/mol. The lowest BCUT2D eigenvalue weighted by Crippen LogP contribution is -2.46. The third-order valence-electron chi connectivity index (χ3n) is 2.84. The van der Waals surface area contributed by atoms with Gasteiger partial charge in [-0.15, -0.1) is 0 Å². The molecule has 1 atom stereocenters. The molecule has 2 rings (SSSR count). The lowest BCUT2D eigenvalue weighted by atomic mass is 10.2. The molecule has 1 aliphatic heterocycles. The summed E-state index contributed by atoms with van der Waals surface area (Å²) in [5.74, 6) is -0.0112. The van der Waals surface area contributed by atoms with Gasteiger partial charge in [-0.05, 0) is 6.92 Å². The summed E-state index contributed by atoms with van der Waals surface area (Å²) in [7, 11) is 0. The van der Waals surface area contributed by atoms with E-state index in [2.05, 4.69) is 16.5 Å². The van der Waals surface area contributed by atoms with Crippen molar-refractivity contribution in [2.24, 2.45) is 0 Å². The number of hydrogen-bond acceptors (Lipinski definition) is 4. The van der Waals surface area contributed by atoms with Gasteiger partial charge in [0.05, 0.1) is 17.8 Å². The number of amides is 1. The smallest absolute Gasteiger partial charge is 0.257 e. The zero-order chi connectivity index (χ0) is 12.3. The summed E-state index contributed by atoms with van der Waals surface area (Å²) in [4.78, 5) is 13.9. The maximum Gasteiger partial charge on any atom is 0.257 e. The van der Waals surface area contributed by atoms with E-state index in [-0.39, 0.29) is 11.9 Å². The van der Waals surface area contributed by atoms with Gasteiger partial charge in [0.1, 0.15) is 6.04 Å². The predicted octanol–water partition coefficient (Wildman–Crippen LogP) is 0.0131. The number of carbonyl (C=O) groups excluding carboxylic acids is 1. The number of piperazine rings is 1. The van der Waals surface area contributed by atoms with Crippen LogP contribution in [0.15, 0.2) is 12.4 Å². The van der Waals surface area contributed by atoms with Gasteiger partial charge < -0.3 is 10.2 Å². The first-order chi connectivity index (χ1) is 8.22. The first kappa shape index (κ1) is 11.6. The molecule has 1 amide bonds. The number of rotatable bonds is 2. The molecule has 1 aromatic heterocycles. The lowest BCUT2D eigenvalue weighted by Gasteiger charge is -2.26. The number of nitriles is 1. The molecule has 1 aromatic rings. The second-order valence-electron chi connectivity index (χ2n) is 4.06. The Morgan fingerprint density at radius 1 is 1.59 bits per heavy atom. The van der Waals surface area contributed by atoms with Gasteiger partial charge in [-0.2, -0.15) is 10.4 Å². The molecule has 0 aliphatic carbocycles. The fourth-order valence-corrected chi connectivity index (χ4v) is 1.77. The summed E-state index contributed by atoms with van der Waals surface area (Å²) in [5, 5.41) is 16.0. The third-order valence-corrected chi connectivity index (χ3v) is 2.84. The van der Waals surface area contributed by atoms with Crippen molar-refractivity contribution in [1.82, 2.24) is 20.0 Å². The fraction of sp³-hybridized carbons (Fsp3) is 0.545. The SMILES string of the molecule is CC(C#N)n1cc(C(=O)N2CCNCC2)cn1. The minimum absolute atomic E-state index is 0.0112. The molecule has 6 nitrogen and oxygen atoms in total. The van der Waals surface area contributed by atoms with Crippen molar-refractivity contribution in [2.75, 3.05) is 26.2 Å². The average Bonchev–Trinajstić information content (AvgIpc) is 2.87. The number of hydrogen-bond donors (Lipinski definition) is 1. The molecule has 1 fully saturated rings. The highest BCUT2D eigenvalue weighted by Crippen LogP contribution is 2.08. The maximum atomic E-state index is 12.1. The van der Waals surface area contributed by atoms with Crippen molar-refractivity contribution in [3.8, 4) is 6.07 Å². The quantitative estimate of drug-likeness (QED) is 0.781. The minimum Gasteiger partial charge on any atom is -0.336 e. The topological polar surface area (TPSA) is 74.0 Å². The van der Waals surface area contributed by atoms with Gasteiger partial charge in [0.2, 0.25) is 0 Å². The second kappa shape index (κ2) is 4.97. The van der Waals surface area contributed by atoms with Crippen LogP contribution in [-0.4, -0.2) is 46.8 Å². The van der Waals surface area contributed by atoms with E-state index in [1.165, 1.54) is 10.9 Å². The van der Waals surface area contributed by atoms with Crippen molar-refractivity contribution in [3.05, 3.63) is 18.0 Å². The summed E-state index contributed by atoms with van der Waals surface area (Å²) in [6.45, 7) is 4.84. The van der Waals surface area contributed by atoms with E-state index in [0.717, 1.165) is 26.2 Å². The van der Waals surface area contributed by atoms with E-state index in [1.54, 1.807) is 18.0 Å². The summed E-state index contributed by atoms with van der Waals surface area (Å²) in [6, 6.07) is 1.73. The second-order valence-corrected chi connectivity index (χ2v) is 4.06. The first-order valence-corrected chi connectivity index (χ1v) is 5.66. The maximum absolute atomic E-state index is 12.1. The monoisotopic (exact) mass is 233 g/mol. The van der Waals surface area contributed by atoms with Crippen LogP contribution >= 0.6 is 0 Å². The van der Waals surface area contributed by atoms with Crippen LogP contribution in [0.25, 0.3) is 0 Å². The van der Waals surface area contributed by atoms with Gasteiger partial charge in [0, 0.05) is 32.4 Å². The lowest BCUT2D eigenvalue weighted by molar-refractivity contribution is 0.0735. The van der Waals surface area contributed by atoms with Gasteiger partial charge in [-0.1, -0.05) is 0 Å². The average molecular weight is 233 g/mol. The molecule has 0 spiro atoms. The van der Waals surface area contributed by atoms with Crippen molar-refractivity contribution >= 4 is 5.91 Å². The third kappa shape index (κ3) is 2.45. The Kier molecular flexibility index (Phi) is 3.40. The Morgan fingerprint density at radius 3 is 2.94 bits per heavy atom. The van der Waals surface area contributed by atoms with Crippen LogP contribution in [0.5, 0.6) is 0 Å². The summed E-state index contributed by atoms with van der Waals surface area (Å²) in [5.41, 5.74) is 0.550. The normalized spacial score (nSPS) is 17.5. The molecule has 1 N–H and O–H groups in total. The Bertz CT molecular complexity index is 441. The predicted molar refractivity (Wildman–Crippen MR) is 61.3 cm³/mol. The molecule has 0 saturated carbocycles. The van der Waals surface area contributed by atoms with Gasteiger partial charge >= 0.3 is 0 Å². The van der Waals surface area contributed by atoms with Gasteiger partial charge in [-0.3, -0.25) is 9.48 Å². The zero-order valence-electron chi connectivity index (χ0n) is 9.76. The summed E-state index contributed by atoms with van der Waals surface area (Å²) < 4.78 is 1.51.